The Labute approximate surface area is 179 Å². The number of benzene rings is 2. The van der Waals surface area contributed by atoms with Crippen molar-refractivity contribution in [2.24, 2.45) is 4.99 Å². The van der Waals surface area contributed by atoms with E-state index in [1.54, 1.807) is 26.3 Å². The molecule has 0 spiro atoms. The smallest absolute Gasteiger partial charge is 0.416 e. The molecule has 0 bridgehead atoms. The van der Waals surface area contributed by atoms with Gasteiger partial charge in [-0.25, -0.2) is 0 Å². The van der Waals surface area contributed by atoms with E-state index in [1.807, 2.05) is 13.0 Å². The first-order valence-electron chi connectivity index (χ1n) is 8.32. The van der Waals surface area contributed by atoms with E-state index < -0.39 is 11.7 Å². The minimum Gasteiger partial charge on any atom is -0.493 e. The van der Waals surface area contributed by atoms with Crippen LogP contribution >= 0.6 is 24.0 Å². The Morgan fingerprint density at radius 3 is 2.29 bits per heavy atom. The Morgan fingerprint density at radius 1 is 1.07 bits per heavy atom. The van der Waals surface area contributed by atoms with Gasteiger partial charge in [-0.15, -0.1) is 24.0 Å². The number of ether oxygens (including phenoxy) is 2. The molecule has 0 amide bonds. The van der Waals surface area contributed by atoms with Gasteiger partial charge in [0.2, 0.25) is 0 Å². The predicted molar refractivity (Wildman–Crippen MR) is 115 cm³/mol. The van der Waals surface area contributed by atoms with Crippen molar-refractivity contribution in [2.45, 2.75) is 19.6 Å². The second kappa shape index (κ2) is 11.0. The molecule has 5 nitrogen and oxygen atoms in total. The number of anilines is 1. The van der Waals surface area contributed by atoms with E-state index in [0.717, 1.165) is 17.8 Å². The summed E-state index contributed by atoms with van der Waals surface area (Å²) in [6, 6.07) is 10.4. The lowest BCUT2D eigenvalue weighted by Crippen LogP contribution is -2.30. The molecule has 0 fully saturated rings. The van der Waals surface area contributed by atoms with Crippen molar-refractivity contribution < 1.29 is 22.6 Å². The summed E-state index contributed by atoms with van der Waals surface area (Å²) in [7, 11) is 3.17. The first-order valence-corrected chi connectivity index (χ1v) is 8.32. The molecule has 2 N–H and O–H groups in total. The average molecular weight is 509 g/mol. The molecular weight excluding hydrogens is 486 g/mol. The monoisotopic (exact) mass is 509 g/mol. The number of nitrogens with one attached hydrogen (secondary N) is 2. The van der Waals surface area contributed by atoms with Crippen LogP contribution in [0, 0.1) is 0 Å². The van der Waals surface area contributed by atoms with Crippen molar-refractivity contribution in [3.05, 3.63) is 53.6 Å². The summed E-state index contributed by atoms with van der Waals surface area (Å²) >= 11 is 0. The summed E-state index contributed by atoms with van der Waals surface area (Å²) in [5.41, 5.74) is 0.769. The Hall–Kier alpha value is -2.17. The summed E-state index contributed by atoms with van der Waals surface area (Å²) in [4.78, 5) is 4.12. The van der Waals surface area contributed by atoms with E-state index >= 15 is 0 Å². The number of aliphatic imine (C=N–C) groups is 1. The van der Waals surface area contributed by atoms with Gasteiger partial charge in [0.05, 0.1) is 19.3 Å². The predicted octanol–water partition coefficient (Wildman–Crippen LogP) is 4.92. The zero-order chi connectivity index (χ0) is 19.9. The highest BCUT2D eigenvalue weighted by Crippen LogP contribution is 2.30. The van der Waals surface area contributed by atoms with E-state index in [1.165, 1.54) is 12.1 Å². The van der Waals surface area contributed by atoms with E-state index in [4.69, 9.17) is 9.47 Å². The quantitative estimate of drug-likeness (QED) is 0.330. The molecule has 0 aliphatic rings. The Bertz CT molecular complexity index is 781. The molecule has 0 saturated heterocycles. The lowest BCUT2D eigenvalue weighted by Gasteiger charge is -2.15. The topological polar surface area (TPSA) is 54.9 Å². The van der Waals surface area contributed by atoms with Crippen molar-refractivity contribution in [2.75, 3.05) is 26.1 Å². The maximum Gasteiger partial charge on any atom is 0.416 e. The van der Waals surface area contributed by atoms with Gasteiger partial charge in [-0.05, 0) is 36.8 Å². The fraction of sp³-hybridized carbons (Fsp3) is 0.316. The highest BCUT2D eigenvalue weighted by atomic mass is 127. The van der Waals surface area contributed by atoms with Crippen LogP contribution in [0.25, 0.3) is 0 Å². The van der Waals surface area contributed by atoms with Crippen LogP contribution in [0.2, 0.25) is 0 Å². The van der Waals surface area contributed by atoms with Gasteiger partial charge in [0.25, 0.3) is 0 Å². The Balaban J connectivity index is 0.00000392. The van der Waals surface area contributed by atoms with Gasteiger partial charge in [0, 0.05) is 25.3 Å². The molecular formula is C19H23F3IN3O2. The van der Waals surface area contributed by atoms with Crippen LogP contribution in [0.3, 0.4) is 0 Å². The molecule has 0 heterocycles. The summed E-state index contributed by atoms with van der Waals surface area (Å²) in [6.07, 6.45) is -4.34. The molecule has 0 radical (unpaired) electrons. The normalized spacial score (nSPS) is 11.4. The van der Waals surface area contributed by atoms with Crippen LogP contribution in [0.5, 0.6) is 11.5 Å². The molecule has 154 valence electrons. The SMILES string of the molecule is CCOc1cc(NC(=NC)NCc2ccc(C(F)(F)F)cc2)ccc1OC.I. The summed E-state index contributed by atoms with van der Waals surface area (Å²) in [5.74, 6) is 1.70. The minimum absolute atomic E-state index is 0. The van der Waals surface area contributed by atoms with Crippen LogP contribution in [0.1, 0.15) is 18.1 Å². The second-order valence-electron chi connectivity index (χ2n) is 5.54. The summed E-state index contributed by atoms with van der Waals surface area (Å²) < 4.78 is 48.6. The molecule has 2 aromatic rings. The summed E-state index contributed by atoms with van der Waals surface area (Å²) in [6.45, 7) is 2.71. The maximum absolute atomic E-state index is 12.6. The number of hydrogen-bond donors (Lipinski definition) is 2. The number of rotatable bonds is 6. The van der Waals surface area contributed by atoms with Gasteiger partial charge >= 0.3 is 6.18 Å². The first kappa shape index (κ1) is 23.9. The van der Waals surface area contributed by atoms with E-state index in [9.17, 15) is 13.2 Å². The number of guanidine groups is 1. The van der Waals surface area contributed by atoms with Gasteiger partial charge < -0.3 is 20.1 Å². The lowest BCUT2D eigenvalue weighted by atomic mass is 10.1. The van der Waals surface area contributed by atoms with Gasteiger partial charge in [-0.3, -0.25) is 4.99 Å². The van der Waals surface area contributed by atoms with Crippen LogP contribution in [-0.4, -0.2) is 26.7 Å². The van der Waals surface area contributed by atoms with Crippen LogP contribution in [0.15, 0.2) is 47.5 Å². The van der Waals surface area contributed by atoms with Crippen molar-refractivity contribution >= 4 is 35.6 Å². The Kier molecular flexibility index (Phi) is 9.36. The number of hydrogen-bond acceptors (Lipinski definition) is 3. The van der Waals surface area contributed by atoms with Crippen molar-refractivity contribution in [1.29, 1.82) is 0 Å². The van der Waals surface area contributed by atoms with E-state index in [0.29, 0.717) is 36.2 Å². The number of nitrogens with zero attached hydrogens (tertiary/aromatic N) is 1. The van der Waals surface area contributed by atoms with Crippen LogP contribution < -0.4 is 20.1 Å². The third kappa shape index (κ3) is 6.77. The third-order valence-corrected chi connectivity index (χ3v) is 3.69. The van der Waals surface area contributed by atoms with Crippen LogP contribution in [-0.2, 0) is 12.7 Å². The molecule has 0 aliphatic carbocycles. The van der Waals surface area contributed by atoms with Gasteiger partial charge in [-0.2, -0.15) is 13.2 Å². The third-order valence-electron chi connectivity index (χ3n) is 3.69. The largest absolute Gasteiger partial charge is 0.493 e. The van der Waals surface area contributed by atoms with E-state index in [2.05, 4.69) is 15.6 Å². The minimum atomic E-state index is -4.34. The summed E-state index contributed by atoms with van der Waals surface area (Å²) in [5, 5.41) is 6.17. The Morgan fingerprint density at radius 2 is 1.75 bits per heavy atom. The lowest BCUT2D eigenvalue weighted by molar-refractivity contribution is -0.137. The van der Waals surface area contributed by atoms with Gasteiger partial charge in [0.15, 0.2) is 17.5 Å². The zero-order valence-electron chi connectivity index (χ0n) is 15.8. The van der Waals surface area contributed by atoms with Crippen molar-refractivity contribution in [1.82, 2.24) is 5.32 Å². The average Bonchev–Trinajstić information content (AvgIpc) is 2.65. The number of alkyl halides is 3. The molecule has 9 heteroatoms. The maximum atomic E-state index is 12.6. The molecule has 0 atom stereocenters. The fourth-order valence-electron chi connectivity index (χ4n) is 2.34. The number of methoxy groups -OCH3 is 1. The molecule has 28 heavy (non-hydrogen) atoms. The standard InChI is InChI=1S/C19H22F3N3O2.HI/c1-4-27-17-11-15(9-10-16(17)26-3)25-18(23-2)24-12-13-5-7-14(8-6-13)19(20,21)22;/h5-11H,4,12H2,1-3H3,(H2,23,24,25);1H. The van der Waals surface area contributed by atoms with E-state index in [-0.39, 0.29) is 24.0 Å². The highest BCUT2D eigenvalue weighted by Gasteiger charge is 2.29. The highest BCUT2D eigenvalue weighted by molar-refractivity contribution is 14.0. The fourth-order valence-corrected chi connectivity index (χ4v) is 2.34. The molecule has 0 aliphatic heterocycles. The second-order valence-corrected chi connectivity index (χ2v) is 5.54. The van der Waals surface area contributed by atoms with Gasteiger partial charge in [0.1, 0.15) is 0 Å². The molecule has 0 unspecified atom stereocenters. The van der Waals surface area contributed by atoms with Crippen molar-refractivity contribution in [3.63, 3.8) is 0 Å². The molecule has 2 aromatic carbocycles. The zero-order valence-corrected chi connectivity index (χ0v) is 18.1. The number of halogens is 4. The first-order chi connectivity index (χ1) is 12.9. The van der Waals surface area contributed by atoms with Crippen LogP contribution in [0.4, 0.5) is 18.9 Å². The van der Waals surface area contributed by atoms with Gasteiger partial charge in [-0.1, -0.05) is 12.1 Å². The molecule has 2 rings (SSSR count). The molecule has 0 aromatic heterocycles. The molecule has 0 saturated carbocycles. The van der Waals surface area contributed by atoms with Crippen molar-refractivity contribution in [3.8, 4) is 11.5 Å².